The Morgan fingerprint density at radius 3 is 2.89 bits per heavy atom. The molecule has 28 heavy (non-hydrogen) atoms. The second-order valence-corrected chi connectivity index (χ2v) is 6.83. The topological polar surface area (TPSA) is 98.9 Å². The van der Waals surface area contributed by atoms with E-state index in [1.165, 1.54) is 11.0 Å². The normalized spacial score (nSPS) is 16.8. The number of tetrazole rings is 1. The molecule has 9 nitrogen and oxygen atoms in total. The molecule has 1 aliphatic rings. The van der Waals surface area contributed by atoms with Crippen LogP contribution in [0.4, 0.5) is 0 Å². The van der Waals surface area contributed by atoms with Crippen molar-refractivity contribution in [3.8, 4) is 11.6 Å². The van der Waals surface area contributed by atoms with Gasteiger partial charge in [0, 0.05) is 23.9 Å². The number of nitrogens with zero attached hydrogens (tertiary/aromatic N) is 7. The van der Waals surface area contributed by atoms with Gasteiger partial charge < -0.3 is 9.64 Å². The van der Waals surface area contributed by atoms with Crippen molar-refractivity contribution in [1.82, 2.24) is 35.1 Å². The van der Waals surface area contributed by atoms with E-state index in [2.05, 4.69) is 25.5 Å². The third-order valence-corrected chi connectivity index (χ3v) is 4.60. The number of hydrogen-bond acceptors (Lipinski definition) is 7. The van der Waals surface area contributed by atoms with Crippen molar-refractivity contribution in [3.63, 3.8) is 0 Å². The minimum Gasteiger partial charge on any atom is -0.472 e. The van der Waals surface area contributed by atoms with Crippen LogP contribution in [0.15, 0.2) is 36.7 Å². The van der Waals surface area contributed by atoms with Crippen LogP contribution in [-0.2, 0) is 0 Å². The summed E-state index contributed by atoms with van der Waals surface area (Å²) in [6.45, 7) is 4.98. The molecule has 1 aliphatic heterocycles. The Hall–Kier alpha value is -3.36. The summed E-state index contributed by atoms with van der Waals surface area (Å²) in [5.74, 6) is 1.21. The van der Waals surface area contributed by atoms with E-state index in [1.807, 2.05) is 36.9 Å². The van der Waals surface area contributed by atoms with Crippen LogP contribution >= 0.6 is 0 Å². The molecule has 1 atom stereocenters. The summed E-state index contributed by atoms with van der Waals surface area (Å²) in [4.78, 5) is 23.4. The zero-order chi connectivity index (χ0) is 19.5. The number of hydrogen-bond donors (Lipinski definition) is 0. The molecule has 0 aliphatic carbocycles. The first-order valence-electron chi connectivity index (χ1n) is 9.20. The van der Waals surface area contributed by atoms with E-state index in [0.29, 0.717) is 30.4 Å². The number of benzene rings is 1. The summed E-state index contributed by atoms with van der Waals surface area (Å²) in [7, 11) is 0. The molecule has 1 unspecified atom stereocenters. The molecule has 2 aromatic heterocycles. The Labute approximate surface area is 162 Å². The zero-order valence-electron chi connectivity index (χ0n) is 15.8. The lowest BCUT2D eigenvalue weighted by atomic mass is 10.1. The Bertz CT molecular complexity index is 954. The molecule has 0 bridgehead atoms. The highest BCUT2D eigenvalue weighted by atomic mass is 16.5. The number of aromatic nitrogens is 6. The van der Waals surface area contributed by atoms with E-state index in [1.54, 1.807) is 12.1 Å². The fourth-order valence-corrected chi connectivity index (χ4v) is 3.38. The molecule has 3 heterocycles. The highest BCUT2D eigenvalue weighted by Gasteiger charge is 2.26. The number of aryl methyl sites for hydroxylation is 2. The number of rotatable bonds is 4. The van der Waals surface area contributed by atoms with Crippen molar-refractivity contribution in [2.75, 3.05) is 13.1 Å². The standard InChI is InChI=1S/C19H21N7O2/c1-13-9-18(22-14(2)21-13)28-17-7-4-8-25(11-17)19(27)15-5-3-6-16(10-15)26-12-20-23-24-26/h3,5-6,9-10,12,17H,4,7-8,11H2,1-2H3. The van der Waals surface area contributed by atoms with E-state index in [9.17, 15) is 4.79 Å². The van der Waals surface area contributed by atoms with E-state index in [-0.39, 0.29) is 12.0 Å². The van der Waals surface area contributed by atoms with Gasteiger partial charge in [0.1, 0.15) is 18.3 Å². The molecule has 9 heteroatoms. The van der Waals surface area contributed by atoms with Crippen LogP contribution in [0.2, 0.25) is 0 Å². The van der Waals surface area contributed by atoms with Crippen LogP contribution in [0, 0.1) is 13.8 Å². The quantitative estimate of drug-likeness (QED) is 0.681. The summed E-state index contributed by atoms with van der Waals surface area (Å²) in [6, 6.07) is 9.10. The van der Waals surface area contributed by atoms with Crippen LogP contribution < -0.4 is 4.74 Å². The fourth-order valence-electron chi connectivity index (χ4n) is 3.38. The monoisotopic (exact) mass is 379 g/mol. The van der Waals surface area contributed by atoms with E-state index in [4.69, 9.17) is 4.74 Å². The van der Waals surface area contributed by atoms with Gasteiger partial charge in [0.05, 0.1) is 12.2 Å². The van der Waals surface area contributed by atoms with E-state index >= 15 is 0 Å². The van der Waals surface area contributed by atoms with Crippen LogP contribution in [0.25, 0.3) is 5.69 Å². The van der Waals surface area contributed by atoms with Gasteiger partial charge in [-0.25, -0.2) is 9.67 Å². The third kappa shape index (κ3) is 3.98. The Morgan fingerprint density at radius 1 is 1.21 bits per heavy atom. The summed E-state index contributed by atoms with van der Waals surface area (Å²) in [5.41, 5.74) is 2.21. The van der Waals surface area contributed by atoms with Gasteiger partial charge in [0.25, 0.3) is 5.91 Å². The van der Waals surface area contributed by atoms with Crippen LogP contribution in [0.5, 0.6) is 5.88 Å². The lowest BCUT2D eigenvalue weighted by Gasteiger charge is -2.32. The Balaban J connectivity index is 1.47. The zero-order valence-corrected chi connectivity index (χ0v) is 15.8. The Morgan fingerprint density at radius 2 is 2.11 bits per heavy atom. The molecular formula is C19H21N7O2. The minimum atomic E-state index is -0.0888. The predicted molar refractivity (Wildman–Crippen MR) is 100 cm³/mol. The molecule has 1 fully saturated rings. The summed E-state index contributed by atoms with van der Waals surface area (Å²) in [6.07, 6.45) is 3.18. The molecule has 0 N–H and O–H groups in total. The maximum atomic E-state index is 13.0. The summed E-state index contributed by atoms with van der Waals surface area (Å²) < 4.78 is 7.57. The van der Waals surface area contributed by atoms with Crippen LogP contribution in [0.1, 0.15) is 34.7 Å². The number of likely N-dealkylation sites (tertiary alicyclic amines) is 1. The second-order valence-electron chi connectivity index (χ2n) is 6.83. The maximum absolute atomic E-state index is 13.0. The number of amides is 1. The smallest absolute Gasteiger partial charge is 0.254 e. The molecule has 1 saturated heterocycles. The van der Waals surface area contributed by atoms with Gasteiger partial charge in [-0.2, -0.15) is 4.98 Å². The molecule has 0 spiro atoms. The highest BCUT2D eigenvalue weighted by molar-refractivity contribution is 5.94. The van der Waals surface area contributed by atoms with Gasteiger partial charge in [-0.3, -0.25) is 4.79 Å². The van der Waals surface area contributed by atoms with Crippen LogP contribution in [-0.4, -0.2) is 60.2 Å². The number of carbonyl (C=O) groups excluding carboxylic acids is 1. The van der Waals surface area contributed by atoms with E-state index < -0.39 is 0 Å². The highest BCUT2D eigenvalue weighted by Crippen LogP contribution is 2.20. The molecule has 0 saturated carbocycles. The second kappa shape index (κ2) is 7.71. The van der Waals surface area contributed by atoms with Crippen molar-refractivity contribution < 1.29 is 9.53 Å². The lowest BCUT2D eigenvalue weighted by Crippen LogP contribution is -2.44. The van der Waals surface area contributed by atoms with Gasteiger partial charge in [-0.1, -0.05) is 6.07 Å². The SMILES string of the molecule is Cc1cc(OC2CCCN(C(=O)c3cccc(-n4cnnn4)c3)C2)nc(C)n1. The molecule has 1 aromatic carbocycles. The lowest BCUT2D eigenvalue weighted by molar-refractivity contribution is 0.0526. The van der Waals surface area contributed by atoms with Gasteiger partial charge in [-0.05, 0) is 55.3 Å². The van der Waals surface area contributed by atoms with Crippen molar-refractivity contribution in [1.29, 1.82) is 0 Å². The van der Waals surface area contributed by atoms with Gasteiger partial charge in [0.15, 0.2) is 0 Å². The molecular weight excluding hydrogens is 358 g/mol. The molecule has 3 aromatic rings. The Kier molecular flexibility index (Phi) is 4.96. The average Bonchev–Trinajstić information content (AvgIpc) is 3.22. The van der Waals surface area contributed by atoms with Crippen molar-refractivity contribution in [2.24, 2.45) is 0 Å². The third-order valence-electron chi connectivity index (χ3n) is 4.60. The van der Waals surface area contributed by atoms with Gasteiger partial charge >= 0.3 is 0 Å². The minimum absolute atomic E-state index is 0.0294. The summed E-state index contributed by atoms with van der Waals surface area (Å²) in [5, 5.41) is 11.1. The average molecular weight is 379 g/mol. The summed E-state index contributed by atoms with van der Waals surface area (Å²) >= 11 is 0. The van der Waals surface area contributed by atoms with Gasteiger partial charge in [-0.15, -0.1) is 5.10 Å². The first kappa shape index (κ1) is 18.0. The maximum Gasteiger partial charge on any atom is 0.254 e. The first-order valence-corrected chi connectivity index (χ1v) is 9.20. The van der Waals surface area contributed by atoms with Gasteiger partial charge in [0.2, 0.25) is 5.88 Å². The molecule has 4 rings (SSSR count). The largest absolute Gasteiger partial charge is 0.472 e. The number of ether oxygens (including phenoxy) is 1. The first-order chi connectivity index (χ1) is 13.6. The number of carbonyl (C=O) groups is 1. The molecule has 0 radical (unpaired) electrons. The fraction of sp³-hybridized carbons (Fsp3) is 0.368. The van der Waals surface area contributed by atoms with Crippen LogP contribution in [0.3, 0.4) is 0 Å². The molecule has 144 valence electrons. The molecule has 1 amide bonds. The van der Waals surface area contributed by atoms with Crippen molar-refractivity contribution in [2.45, 2.75) is 32.8 Å². The van der Waals surface area contributed by atoms with E-state index in [0.717, 1.165) is 24.2 Å². The van der Waals surface area contributed by atoms with Crippen molar-refractivity contribution >= 4 is 5.91 Å². The van der Waals surface area contributed by atoms with Crippen molar-refractivity contribution in [3.05, 3.63) is 53.7 Å². The predicted octanol–water partition coefficient (Wildman–Crippen LogP) is 1.75. The number of piperidine rings is 1.